The maximum Gasteiger partial charge on any atom is 0.413 e. The number of carbonyl (C=O) groups excluding carboxylic acids is 4. The van der Waals surface area contributed by atoms with E-state index < -0.39 is 36.0 Å². The predicted molar refractivity (Wildman–Crippen MR) is 86.5 cm³/mol. The summed E-state index contributed by atoms with van der Waals surface area (Å²) in [5.41, 5.74) is 0.656. The molecule has 0 radical (unpaired) electrons. The molecule has 0 bridgehead atoms. The van der Waals surface area contributed by atoms with Gasteiger partial charge in [0.25, 0.3) is 5.91 Å². The van der Waals surface area contributed by atoms with Crippen molar-refractivity contribution in [2.24, 2.45) is 0 Å². The highest BCUT2D eigenvalue weighted by atomic mass is 16.5. The Balaban J connectivity index is 1.80. The van der Waals surface area contributed by atoms with Crippen LogP contribution in [0.5, 0.6) is 0 Å². The smallest absolute Gasteiger partial charge is 0.413 e. The van der Waals surface area contributed by atoms with Gasteiger partial charge >= 0.3 is 12.1 Å². The van der Waals surface area contributed by atoms with Gasteiger partial charge in [-0.05, 0) is 37.3 Å². The van der Waals surface area contributed by atoms with Gasteiger partial charge in [0.05, 0.1) is 6.61 Å². The molecule has 1 saturated heterocycles. The van der Waals surface area contributed by atoms with Gasteiger partial charge in [0.2, 0.25) is 5.91 Å². The van der Waals surface area contributed by atoms with Gasteiger partial charge in [-0.25, -0.2) is 9.59 Å². The zero-order chi connectivity index (χ0) is 18.0. The molecule has 0 unspecified atom stereocenters. The monoisotopic (exact) mass is 345 g/mol. The molecule has 1 aliphatic heterocycles. The van der Waals surface area contributed by atoms with Crippen LogP contribution in [-0.4, -0.2) is 42.0 Å². The number of hydrogen-bond donors (Lipinski definition) is 2. The van der Waals surface area contributed by atoms with Crippen molar-refractivity contribution in [1.82, 2.24) is 15.5 Å². The Morgan fingerprint density at radius 1 is 1.32 bits per heavy atom. The van der Waals surface area contributed by atoms with E-state index >= 15 is 0 Å². The SMILES string of the molecule is CCOC(=O)NC(=O)CN1C(=O)N[C@@]2(CCCc3ccccc32)C1=O. The van der Waals surface area contributed by atoms with Crippen molar-refractivity contribution >= 4 is 23.9 Å². The fraction of sp³-hybridized carbons (Fsp3) is 0.412. The molecule has 3 rings (SSSR count). The molecule has 0 saturated carbocycles. The Labute approximate surface area is 144 Å². The van der Waals surface area contributed by atoms with E-state index in [-0.39, 0.29) is 6.61 Å². The first-order chi connectivity index (χ1) is 12.0. The lowest BCUT2D eigenvalue weighted by Gasteiger charge is -2.33. The van der Waals surface area contributed by atoms with E-state index in [1.54, 1.807) is 6.92 Å². The van der Waals surface area contributed by atoms with Crippen molar-refractivity contribution in [3.05, 3.63) is 35.4 Å². The third-order valence-corrected chi connectivity index (χ3v) is 4.47. The zero-order valence-electron chi connectivity index (χ0n) is 13.8. The van der Waals surface area contributed by atoms with Crippen molar-refractivity contribution < 1.29 is 23.9 Å². The second-order valence-corrected chi connectivity index (χ2v) is 6.01. The maximum atomic E-state index is 12.9. The first-order valence-corrected chi connectivity index (χ1v) is 8.17. The Hall–Kier alpha value is -2.90. The molecule has 1 spiro atoms. The Morgan fingerprint density at radius 3 is 2.84 bits per heavy atom. The number of nitrogens with one attached hydrogen (secondary N) is 2. The Bertz CT molecular complexity index is 748. The molecule has 132 valence electrons. The first-order valence-electron chi connectivity index (χ1n) is 8.17. The molecule has 1 aliphatic carbocycles. The van der Waals surface area contributed by atoms with Crippen molar-refractivity contribution in [2.45, 2.75) is 31.7 Å². The molecule has 1 heterocycles. The zero-order valence-corrected chi connectivity index (χ0v) is 13.8. The molecule has 1 aromatic rings. The highest BCUT2D eigenvalue weighted by Gasteiger charge is 2.54. The molecule has 2 aliphatic rings. The minimum Gasteiger partial charge on any atom is -0.450 e. The third kappa shape index (κ3) is 2.95. The summed E-state index contributed by atoms with van der Waals surface area (Å²) in [7, 11) is 0. The number of alkyl carbamates (subject to hydrolysis) is 1. The molecule has 0 aromatic heterocycles. The fourth-order valence-corrected chi connectivity index (χ4v) is 3.42. The number of nitrogens with zero attached hydrogens (tertiary/aromatic N) is 1. The molecule has 1 aromatic carbocycles. The predicted octanol–water partition coefficient (Wildman–Crippen LogP) is 1.04. The number of imide groups is 2. The van der Waals surface area contributed by atoms with E-state index in [4.69, 9.17) is 0 Å². The van der Waals surface area contributed by atoms with Crippen LogP contribution in [0.4, 0.5) is 9.59 Å². The topological polar surface area (TPSA) is 105 Å². The number of aryl methyl sites for hydroxylation is 1. The van der Waals surface area contributed by atoms with Crippen LogP contribution >= 0.6 is 0 Å². The second-order valence-electron chi connectivity index (χ2n) is 6.01. The minimum absolute atomic E-state index is 0.113. The van der Waals surface area contributed by atoms with Crippen molar-refractivity contribution in [3.63, 3.8) is 0 Å². The fourth-order valence-electron chi connectivity index (χ4n) is 3.42. The Kier molecular flexibility index (Phi) is 4.43. The number of benzene rings is 1. The van der Waals surface area contributed by atoms with Crippen molar-refractivity contribution in [3.8, 4) is 0 Å². The van der Waals surface area contributed by atoms with Crippen LogP contribution < -0.4 is 10.6 Å². The Morgan fingerprint density at radius 2 is 2.08 bits per heavy atom. The number of urea groups is 1. The molecule has 25 heavy (non-hydrogen) atoms. The van der Waals surface area contributed by atoms with Crippen LogP contribution in [-0.2, 0) is 26.3 Å². The second kappa shape index (κ2) is 6.54. The van der Waals surface area contributed by atoms with E-state index in [1.165, 1.54) is 0 Å². The van der Waals surface area contributed by atoms with Gasteiger partial charge in [-0.3, -0.25) is 19.8 Å². The summed E-state index contributed by atoms with van der Waals surface area (Å²) in [5, 5.41) is 4.74. The summed E-state index contributed by atoms with van der Waals surface area (Å²) in [5.74, 6) is -1.24. The van der Waals surface area contributed by atoms with Crippen LogP contribution in [0.3, 0.4) is 0 Å². The molecule has 2 N–H and O–H groups in total. The quantitative estimate of drug-likeness (QED) is 0.797. The van der Waals surface area contributed by atoms with Gasteiger partial charge in [0, 0.05) is 0 Å². The van der Waals surface area contributed by atoms with E-state index in [2.05, 4.69) is 10.1 Å². The summed E-state index contributed by atoms with van der Waals surface area (Å²) in [6.45, 7) is 1.18. The number of hydrogen-bond acceptors (Lipinski definition) is 5. The van der Waals surface area contributed by atoms with Gasteiger partial charge in [-0.15, -0.1) is 0 Å². The maximum absolute atomic E-state index is 12.9. The van der Waals surface area contributed by atoms with E-state index in [0.29, 0.717) is 6.42 Å². The number of fused-ring (bicyclic) bond motifs is 2. The lowest BCUT2D eigenvalue weighted by molar-refractivity contribution is -0.135. The van der Waals surface area contributed by atoms with Crippen LogP contribution in [0.15, 0.2) is 24.3 Å². The number of amides is 5. The molecule has 5 amide bonds. The summed E-state index contributed by atoms with van der Waals surface area (Å²) in [4.78, 5) is 49.3. The molecular weight excluding hydrogens is 326 g/mol. The summed E-state index contributed by atoms with van der Waals surface area (Å²) in [6, 6.07) is 6.84. The van der Waals surface area contributed by atoms with Gasteiger partial charge in [-0.1, -0.05) is 24.3 Å². The average Bonchev–Trinajstić information content (AvgIpc) is 2.80. The molecule has 8 heteroatoms. The van der Waals surface area contributed by atoms with Gasteiger partial charge in [-0.2, -0.15) is 0 Å². The normalized spacial score (nSPS) is 21.7. The van der Waals surface area contributed by atoms with Crippen molar-refractivity contribution in [1.29, 1.82) is 0 Å². The number of ether oxygens (including phenoxy) is 1. The number of rotatable bonds is 3. The van der Waals surface area contributed by atoms with Gasteiger partial charge in [0.15, 0.2) is 0 Å². The van der Waals surface area contributed by atoms with Gasteiger partial charge in [0.1, 0.15) is 12.1 Å². The summed E-state index contributed by atoms with van der Waals surface area (Å²) < 4.78 is 4.61. The van der Waals surface area contributed by atoms with Crippen LogP contribution in [0.25, 0.3) is 0 Å². The standard InChI is InChI=1S/C17H19N3O5/c1-2-25-16(24)18-13(21)10-20-14(22)17(19-15(20)23)9-5-7-11-6-3-4-8-12(11)17/h3-4,6,8H,2,5,7,9-10H2,1H3,(H,19,23)(H,18,21,24)/t17-/m1/s1. The van der Waals surface area contributed by atoms with E-state index in [1.807, 2.05) is 29.6 Å². The summed E-state index contributed by atoms with van der Waals surface area (Å²) >= 11 is 0. The minimum atomic E-state index is -1.13. The lowest BCUT2D eigenvalue weighted by atomic mass is 9.76. The number of carbonyl (C=O) groups is 4. The molecule has 1 fully saturated rings. The van der Waals surface area contributed by atoms with E-state index in [9.17, 15) is 19.2 Å². The highest BCUT2D eigenvalue weighted by Crippen LogP contribution is 2.39. The largest absolute Gasteiger partial charge is 0.450 e. The third-order valence-electron chi connectivity index (χ3n) is 4.47. The van der Waals surface area contributed by atoms with E-state index in [0.717, 1.165) is 28.9 Å². The molecule has 8 nitrogen and oxygen atoms in total. The van der Waals surface area contributed by atoms with Gasteiger partial charge < -0.3 is 10.1 Å². The lowest BCUT2D eigenvalue weighted by Crippen LogP contribution is -2.47. The van der Waals surface area contributed by atoms with Crippen LogP contribution in [0.2, 0.25) is 0 Å². The first kappa shape index (κ1) is 16.9. The van der Waals surface area contributed by atoms with Crippen molar-refractivity contribution in [2.75, 3.05) is 13.2 Å². The highest BCUT2D eigenvalue weighted by molar-refractivity contribution is 6.10. The average molecular weight is 345 g/mol. The molecular formula is C17H19N3O5. The van der Waals surface area contributed by atoms with Crippen LogP contribution in [0, 0.1) is 0 Å². The summed E-state index contributed by atoms with van der Waals surface area (Å²) in [6.07, 6.45) is 1.17. The molecule has 1 atom stereocenters. The van der Waals surface area contributed by atoms with Crippen LogP contribution in [0.1, 0.15) is 30.9 Å².